The van der Waals surface area contributed by atoms with Crippen LogP contribution in [0, 0.1) is 0 Å². The van der Waals surface area contributed by atoms with Crippen LogP contribution in [0.2, 0.25) is 0 Å². The van der Waals surface area contributed by atoms with Gasteiger partial charge in [-0.2, -0.15) is 0 Å². The summed E-state index contributed by atoms with van der Waals surface area (Å²) in [5.74, 6) is 0. The molecule has 5 nitrogen and oxygen atoms in total. The minimum Gasteiger partial charge on any atom is -0.380 e. The quantitative estimate of drug-likeness (QED) is 0.534. The van der Waals surface area contributed by atoms with Gasteiger partial charge in [0.15, 0.2) is 0 Å². The highest BCUT2D eigenvalue weighted by molar-refractivity contribution is 4.72. The normalized spacial score (nSPS) is 17.8. The van der Waals surface area contributed by atoms with Crippen molar-refractivity contribution in [3.05, 3.63) is 0 Å². The predicted molar refractivity (Wildman–Crippen MR) is 111 cm³/mol. The van der Waals surface area contributed by atoms with Crippen LogP contribution in [0.4, 0.5) is 0 Å². The van der Waals surface area contributed by atoms with Crippen molar-refractivity contribution in [1.29, 1.82) is 0 Å². The van der Waals surface area contributed by atoms with E-state index in [4.69, 9.17) is 9.47 Å². The van der Waals surface area contributed by atoms with E-state index in [-0.39, 0.29) is 11.1 Å². The molecule has 0 aromatic heterocycles. The summed E-state index contributed by atoms with van der Waals surface area (Å²) in [5, 5.41) is 3.45. The second-order valence-electron chi connectivity index (χ2n) is 9.49. The second-order valence-corrected chi connectivity index (χ2v) is 9.49. The van der Waals surface area contributed by atoms with Gasteiger partial charge >= 0.3 is 0 Å². The standard InChI is InChI=1S/C21H45N3O2/c1-20(2,3)22-10-18-25-17-9-7-8-11-23-12-14-24(15-13-23)16-19-26-21(4,5)6/h22H,7-19H2,1-6H3. The lowest BCUT2D eigenvalue weighted by Gasteiger charge is -2.35. The van der Waals surface area contributed by atoms with Gasteiger partial charge in [-0.3, -0.25) is 4.90 Å². The molecule has 0 aliphatic carbocycles. The summed E-state index contributed by atoms with van der Waals surface area (Å²) in [6, 6.07) is 0. The smallest absolute Gasteiger partial charge is 0.0600 e. The fourth-order valence-corrected chi connectivity index (χ4v) is 3.03. The van der Waals surface area contributed by atoms with E-state index in [1.165, 1.54) is 52.0 Å². The summed E-state index contributed by atoms with van der Waals surface area (Å²) in [5.41, 5.74) is 0.168. The predicted octanol–water partition coefficient (Wildman–Crippen LogP) is 2.99. The third-order valence-electron chi connectivity index (χ3n) is 4.57. The molecule has 0 unspecified atom stereocenters. The van der Waals surface area contributed by atoms with Gasteiger partial charge in [0, 0.05) is 51.4 Å². The monoisotopic (exact) mass is 371 g/mol. The van der Waals surface area contributed by atoms with Gasteiger partial charge in [-0.15, -0.1) is 0 Å². The van der Waals surface area contributed by atoms with E-state index in [1.807, 2.05) is 0 Å². The fraction of sp³-hybridized carbons (Fsp3) is 1.00. The summed E-state index contributed by atoms with van der Waals surface area (Å²) >= 11 is 0. The average Bonchev–Trinajstić information content (AvgIpc) is 2.52. The molecule has 0 amide bonds. The lowest BCUT2D eigenvalue weighted by Crippen LogP contribution is -2.47. The molecular weight excluding hydrogens is 326 g/mol. The fourth-order valence-electron chi connectivity index (χ4n) is 3.03. The Morgan fingerprint density at radius 3 is 1.92 bits per heavy atom. The highest BCUT2D eigenvalue weighted by Gasteiger charge is 2.17. The van der Waals surface area contributed by atoms with E-state index in [1.54, 1.807) is 0 Å². The lowest BCUT2D eigenvalue weighted by atomic mass is 10.1. The lowest BCUT2D eigenvalue weighted by molar-refractivity contribution is -0.0178. The van der Waals surface area contributed by atoms with Gasteiger partial charge in [-0.1, -0.05) is 0 Å². The van der Waals surface area contributed by atoms with Gasteiger partial charge in [0.05, 0.1) is 18.8 Å². The number of hydrogen-bond donors (Lipinski definition) is 1. The highest BCUT2D eigenvalue weighted by Crippen LogP contribution is 2.08. The zero-order chi connectivity index (χ0) is 19.5. The molecule has 1 aliphatic heterocycles. The molecule has 1 heterocycles. The van der Waals surface area contributed by atoms with E-state index in [2.05, 4.69) is 56.7 Å². The topological polar surface area (TPSA) is 37.0 Å². The van der Waals surface area contributed by atoms with Crippen LogP contribution in [-0.4, -0.2) is 86.6 Å². The van der Waals surface area contributed by atoms with E-state index < -0.39 is 0 Å². The first-order valence-electron chi connectivity index (χ1n) is 10.6. The first-order chi connectivity index (χ1) is 12.2. The van der Waals surface area contributed by atoms with Gasteiger partial charge in [0.2, 0.25) is 0 Å². The molecule has 0 saturated carbocycles. The second kappa shape index (κ2) is 12.3. The molecular formula is C21H45N3O2. The van der Waals surface area contributed by atoms with Crippen LogP contribution in [0.1, 0.15) is 60.8 Å². The summed E-state index contributed by atoms with van der Waals surface area (Å²) < 4.78 is 11.5. The first kappa shape index (κ1) is 23.8. The Kier molecular flexibility index (Phi) is 11.3. The van der Waals surface area contributed by atoms with Crippen molar-refractivity contribution in [3.8, 4) is 0 Å². The zero-order valence-corrected chi connectivity index (χ0v) is 18.4. The van der Waals surface area contributed by atoms with Crippen LogP contribution in [0.25, 0.3) is 0 Å². The maximum Gasteiger partial charge on any atom is 0.0600 e. The van der Waals surface area contributed by atoms with Crippen LogP contribution >= 0.6 is 0 Å². The molecule has 1 N–H and O–H groups in total. The van der Waals surface area contributed by atoms with Gasteiger partial charge in [0.25, 0.3) is 0 Å². The molecule has 0 spiro atoms. The molecule has 1 saturated heterocycles. The number of rotatable bonds is 12. The first-order valence-corrected chi connectivity index (χ1v) is 10.6. The summed E-state index contributed by atoms with van der Waals surface area (Å²) in [7, 11) is 0. The molecule has 0 aromatic rings. The number of nitrogens with one attached hydrogen (secondary N) is 1. The summed E-state index contributed by atoms with van der Waals surface area (Å²) in [6.45, 7) is 23.5. The minimum absolute atomic E-state index is 0.0192. The molecule has 1 aliphatic rings. The largest absolute Gasteiger partial charge is 0.380 e. The third-order valence-corrected chi connectivity index (χ3v) is 4.57. The van der Waals surface area contributed by atoms with Crippen molar-refractivity contribution >= 4 is 0 Å². The summed E-state index contributed by atoms with van der Waals surface area (Å²) in [4.78, 5) is 5.14. The van der Waals surface area contributed by atoms with Crippen LogP contribution < -0.4 is 5.32 Å². The molecule has 1 rings (SSSR count). The van der Waals surface area contributed by atoms with Crippen molar-refractivity contribution in [3.63, 3.8) is 0 Å². The molecule has 1 fully saturated rings. The van der Waals surface area contributed by atoms with E-state index in [0.29, 0.717) is 0 Å². The number of nitrogens with zero attached hydrogens (tertiary/aromatic N) is 2. The van der Waals surface area contributed by atoms with Crippen LogP contribution in [0.5, 0.6) is 0 Å². The number of unbranched alkanes of at least 4 members (excludes halogenated alkanes) is 2. The van der Waals surface area contributed by atoms with Crippen molar-refractivity contribution in [2.45, 2.75) is 71.9 Å². The molecule has 0 aromatic carbocycles. The van der Waals surface area contributed by atoms with Gasteiger partial charge in [0.1, 0.15) is 0 Å². The highest BCUT2D eigenvalue weighted by atomic mass is 16.5. The summed E-state index contributed by atoms with van der Waals surface area (Å²) in [6.07, 6.45) is 3.74. The maximum atomic E-state index is 5.83. The minimum atomic E-state index is -0.0192. The number of hydrogen-bond acceptors (Lipinski definition) is 5. The van der Waals surface area contributed by atoms with Gasteiger partial charge in [-0.25, -0.2) is 0 Å². The van der Waals surface area contributed by atoms with Crippen molar-refractivity contribution in [2.24, 2.45) is 0 Å². The Bertz CT molecular complexity index is 342. The van der Waals surface area contributed by atoms with Crippen molar-refractivity contribution in [1.82, 2.24) is 15.1 Å². The van der Waals surface area contributed by atoms with E-state index in [9.17, 15) is 0 Å². The molecule has 0 radical (unpaired) electrons. The van der Waals surface area contributed by atoms with Crippen molar-refractivity contribution in [2.75, 3.05) is 65.6 Å². The van der Waals surface area contributed by atoms with E-state index >= 15 is 0 Å². The SMILES string of the molecule is CC(C)(C)NCCOCCCCCN1CCN(CCOC(C)(C)C)CC1. The Labute approximate surface area is 162 Å². The van der Waals surface area contributed by atoms with Crippen LogP contribution in [0.15, 0.2) is 0 Å². The molecule has 5 heteroatoms. The Morgan fingerprint density at radius 2 is 1.35 bits per heavy atom. The van der Waals surface area contributed by atoms with Gasteiger partial charge in [-0.05, 0) is 67.3 Å². The Balaban J connectivity index is 1.89. The number of piperazine rings is 1. The van der Waals surface area contributed by atoms with Crippen LogP contribution in [0.3, 0.4) is 0 Å². The van der Waals surface area contributed by atoms with Crippen LogP contribution in [-0.2, 0) is 9.47 Å². The van der Waals surface area contributed by atoms with Crippen molar-refractivity contribution < 1.29 is 9.47 Å². The Morgan fingerprint density at radius 1 is 0.731 bits per heavy atom. The Hall–Kier alpha value is -0.200. The molecule has 156 valence electrons. The maximum absolute atomic E-state index is 5.83. The number of ether oxygens (including phenoxy) is 2. The van der Waals surface area contributed by atoms with Gasteiger partial charge < -0.3 is 19.7 Å². The third kappa shape index (κ3) is 13.9. The molecule has 0 atom stereocenters. The van der Waals surface area contributed by atoms with E-state index in [0.717, 1.165) is 32.9 Å². The average molecular weight is 372 g/mol. The molecule has 26 heavy (non-hydrogen) atoms. The molecule has 0 bridgehead atoms. The zero-order valence-electron chi connectivity index (χ0n) is 18.4.